The van der Waals surface area contributed by atoms with Gasteiger partial charge in [0, 0.05) is 35.8 Å². The summed E-state index contributed by atoms with van der Waals surface area (Å²) in [4.78, 5) is 40.4. The van der Waals surface area contributed by atoms with Gasteiger partial charge in [-0.1, -0.05) is 35.5 Å². The highest BCUT2D eigenvalue weighted by Crippen LogP contribution is 2.33. The lowest BCUT2D eigenvalue weighted by Gasteiger charge is -2.41. The molecule has 9 nitrogen and oxygen atoms in total. The van der Waals surface area contributed by atoms with Crippen LogP contribution in [0.4, 0.5) is 0 Å². The van der Waals surface area contributed by atoms with Crippen LogP contribution >= 0.6 is 0 Å². The molecule has 1 aliphatic carbocycles. The first-order valence-electron chi connectivity index (χ1n) is 12.2. The lowest BCUT2D eigenvalue weighted by atomic mass is 9.80. The first-order chi connectivity index (χ1) is 16.7. The Morgan fingerprint density at radius 2 is 1.89 bits per heavy atom. The van der Waals surface area contributed by atoms with Crippen molar-refractivity contribution >= 4 is 17.8 Å². The highest BCUT2D eigenvalue weighted by atomic mass is 16.5. The van der Waals surface area contributed by atoms with Gasteiger partial charge in [-0.25, -0.2) is 0 Å². The van der Waals surface area contributed by atoms with Crippen LogP contribution in [0.3, 0.4) is 0 Å². The molecular formula is C26H34N4O5. The minimum absolute atomic E-state index is 0.0521. The van der Waals surface area contributed by atoms with Crippen LogP contribution in [0.15, 0.2) is 40.9 Å². The van der Waals surface area contributed by atoms with Crippen LogP contribution in [0.2, 0.25) is 0 Å². The molecule has 35 heavy (non-hydrogen) atoms. The van der Waals surface area contributed by atoms with Crippen LogP contribution in [-0.2, 0) is 14.3 Å². The molecule has 188 valence electrons. The van der Waals surface area contributed by atoms with Crippen molar-refractivity contribution in [3.05, 3.63) is 42.2 Å². The molecule has 4 rings (SSSR count). The van der Waals surface area contributed by atoms with Crippen molar-refractivity contribution in [2.75, 3.05) is 13.7 Å². The van der Waals surface area contributed by atoms with Crippen LogP contribution in [0, 0.1) is 5.92 Å². The van der Waals surface area contributed by atoms with Gasteiger partial charge in [0.05, 0.1) is 13.0 Å². The summed E-state index contributed by atoms with van der Waals surface area (Å²) < 4.78 is 10.3. The Bertz CT molecular complexity index is 1060. The van der Waals surface area contributed by atoms with Gasteiger partial charge < -0.3 is 24.8 Å². The van der Waals surface area contributed by atoms with E-state index in [-0.39, 0.29) is 35.3 Å². The lowest BCUT2D eigenvalue weighted by Crippen LogP contribution is -2.55. The summed E-state index contributed by atoms with van der Waals surface area (Å²) in [6.07, 6.45) is 2.63. The van der Waals surface area contributed by atoms with Gasteiger partial charge in [0.1, 0.15) is 11.7 Å². The zero-order valence-electron chi connectivity index (χ0n) is 20.7. The number of methoxy groups -OCH3 is 1. The highest BCUT2D eigenvalue weighted by molar-refractivity contribution is 5.97. The zero-order valence-corrected chi connectivity index (χ0v) is 20.7. The van der Waals surface area contributed by atoms with Crippen LogP contribution in [0.25, 0.3) is 11.3 Å². The number of aromatic nitrogens is 1. The third kappa shape index (κ3) is 5.73. The van der Waals surface area contributed by atoms with Crippen LogP contribution < -0.4 is 10.6 Å². The van der Waals surface area contributed by atoms with Gasteiger partial charge >= 0.3 is 5.97 Å². The number of esters is 1. The quantitative estimate of drug-likeness (QED) is 0.609. The van der Waals surface area contributed by atoms with Crippen molar-refractivity contribution in [3.63, 3.8) is 0 Å². The molecule has 1 saturated carbocycles. The van der Waals surface area contributed by atoms with E-state index in [9.17, 15) is 14.4 Å². The summed E-state index contributed by atoms with van der Waals surface area (Å²) in [5.74, 6) is -1.32. The van der Waals surface area contributed by atoms with E-state index in [1.54, 1.807) is 11.0 Å². The molecule has 0 spiro atoms. The summed E-state index contributed by atoms with van der Waals surface area (Å²) in [5.41, 5.74) is 1.32. The van der Waals surface area contributed by atoms with Gasteiger partial charge in [-0.3, -0.25) is 14.4 Å². The summed E-state index contributed by atoms with van der Waals surface area (Å²) in [6.45, 7) is 6.77. The maximum Gasteiger partial charge on any atom is 0.310 e. The number of carbonyl (C=O) groups excluding carboxylic acids is 3. The molecule has 0 unspecified atom stereocenters. The molecule has 9 heteroatoms. The molecule has 2 heterocycles. The van der Waals surface area contributed by atoms with Gasteiger partial charge in [-0.05, 0) is 46.5 Å². The van der Waals surface area contributed by atoms with E-state index in [1.165, 1.54) is 7.11 Å². The summed E-state index contributed by atoms with van der Waals surface area (Å²) in [5, 5.41) is 10.3. The van der Waals surface area contributed by atoms with E-state index in [1.807, 2.05) is 30.3 Å². The van der Waals surface area contributed by atoms with Gasteiger partial charge in [-0.15, -0.1) is 0 Å². The highest BCUT2D eigenvalue weighted by Gasteiger charge is 2.45. The van der Waals surface area contributed by atoms with E-state index in [2.05, 4.69) is 36.6 Å². The molecule has 2 amide bonds. The van der Waals surface area contributed by atoms with Crippen LogP contribution in [0.5, 0.6) is 0 Å². The third-order valence-electron chi connectivity index (χ3n) is 6.70. The smallest absolute Gasteiger partial charge is 0.310 e. The van der Waals surface area contributed by atoms with E-state index >= 15 is 0 Å². The molecule has 1 aromatic carbocycles. The second-order valence-electron chi connectivity index (χ2n) is 10.4. The van der Waals surface area contributed by atoms with E-state index in [0.29, 0.717) is 31.5 Å². The monoisotopic (exact) mass is 482 g/mol. The normalized spacial score (nSPS) is 24.9. The number of nitrogens with zero attached hydrogens (tertiary/aromatic N) is 2. The number of hydrogen-bond acceptors (Lipinski definition) is 7. The standard InChI is InChI=1S/C26H34N4O5/c1-26(2,3)28-17-10-11-21(18(14-17)25(33)34-4)30-13-12-19(24(30)32)27-23(31)22-15-20(29-35-22)16-8-6-5-7-9-16/h5-9,15,17-19,21,28H,10-14H2,1-4H3,(H,27,31)/t17-,18-,19+,21+/m1/s1. The van der Waals surface area contributed by atoms with Crippen molar-refractivity contribution < 1.29 is 23.6 Å². The van der Waals surface area contributed by atoms with E-state index < -0.39 is 17.9 Å². The maximum atomic E-state index is 13.3. The number of carbonyl (C=O) groups is 3. The van der Waals surface area contributed by atoms with E-state index in [4.69, 9.17) is 9.26 Å². The number of nitrogens with one attached hydrogen (secondary N) is 2. The largest absolute Gasteiger partial charge is 0.469 e. The van der Waals surface area contributed by atoms with Gasteiger partial charge in [0.2, 0.25) is 11.7 Å². The average Bonchev–Trinajstić information content (AvgIpc) is 3.46. The Kier molecular flexibility index (Phi) is 7.25. The van der Waals surface area contributed by atoms with E-state index in [0.717, 1.165) is 12.0 Å². The van der Waals surface area contributed by atoms with Gasteiger partial charge in [-0.2, -0.15) is 0 Å². The SMILES string of the molecule is COC(=O)[C@@H]1C[C@H](NC(C)(C)C)CC[C@@H]1N1CC[C@H](NC(=O)c2cc(-c3ccccc3)no2)C1=O. The minimum atomic E-state index is -0.670. The maximum absolute atomic E-state index is 13.3. The first kappa shape index (κ1) is 24.9. The topological polar surface area (TPSA) is 114 Å². The van der Waals surface area contributed by atoms with Crippen LogP contribution in [-0.4, -0.2) is 65.2 Å². The fourth-order valence-electron chi connectivity index (χ4n) is 5.20. The molecule has 1 aromatic heterocycles. The number of amides is 2. The van der Waals surface area contributed by atoms with Gasteiger partial charge in [0.15, 0.2) is 0 Å². The Morgan fingerprint density at radius 3 is 2.57 bits per heavy atom. The van der Waals surface area contributed by atoms with Gasteiger partial charge in [0.25, 0.3) is 5.91 Å². The fraction of sp³-hybridized carbons (Fsp3) is 0.538. The first-order valence-corrected chi connectivity index (χ1v) is 12.2. The third-order valence-corrected chi connectivity index (χ3v) is 6.70. The molecule has 0 bridgehead atoms. The molecular weight excluding hydrogens is 448 g/mol. The number of hydrogen-bond donors (Lipinski definition) is 2. The molecule has 4 atom stereocenters. The zero-order chi connectivity index (χ0) is 25.2. The summed E-state index contributed by atoms with van der Waals surface area (Å²) >= 11 is 0. The van der Waals surface area contributed by atoms with Crippen molar-refractivity contribution in [2.24, 2.45) is 5.92 Å². The molecule has 2 N–H and O–H groups in total. The predicted octanol–water partition coefficient (Wildman–Crippen LogP) is 2.77. The fourth-order valence-corrected chi connectivity index (χ4v) is 5.20. The number of likely N-dealkylation sites (tertiary alicyclic amines) is 1. The molecule has 1 saturated heterocycles. The molecule has 0 radical (unpaired) electrons. The van der Waals surface area contributed by atoms with Crippen molar-refractivity contribution in [2.45, 2.75) is 70.1 Å². The molecule has 2 fully saturated rings. The molecule has 2 aromatic rings. The Balaban J connectivity index is 1.41. The second kappa shape index (κ2) is 10.2. The number of rotatable bonds is 6. The van der Waals surface area contributed by atoms with Crippen LogP contribution in [0.1, 0.15) is 57.0 Å². The summed E-state index contributed by atoms with van der Waals surface area (Å²) in [7, 11) is 1.39. The lowest BCUT2D eigenvalue weighted by molar-refractivity contribution is -0.151. The molecule has 1 aliphatic heterocycles. The molecule has 2 aliphatic rings. The second-order valence-corrected chi connectivity index (χ2v) is 10.4. The predicted molar refractivity (Wildman–Crippen MR) is 129 cm³/mol. The number of ether oxygens (including phenoxy) is 1. The minimum Gasteiger partial charge on any atom is -0.469 e. The van der Waals surface area contributed by atoms with Crippen molar-refractivity contribution in [1.29, 1.82) is 0 Å². The van der Waals surface area contributed by atoms with Crippen molar-refractivity contribution in [3.8, 4) is 11.3 Å². The Morgan fingerprint density at radius 1 is 1.14 bits per heavy atom. The Labute approximate surface area is 205 Å². The summed E-state index contributed by atoms with van der Waals surface area (Å²) in [6, 6.07) is 10.2. The average molecular weight is 483 g/mol. The number of benzene rings is 1. The van der Waals surface area contributed by atoms with Crippen molar-refractivity contribution in [1.82, 2.24) is 20.7 Å². The Hall–Kier alpha value is -3.20.